The second-order valence-corrected chi connectivity index (χ2v) is 10.4. The van der Waals surface area contributed by atoms with Crippen molar-refractivity contribution in [3.05, 3.63) is 117 Å². The van der Waals surface area contributed by atoms with Crippen molar-refractivity contribution in [2.75, 3.05) is 6.26 Å². The van der Waals surface area contributed by atoms with Crippen LogP contribution in [0.5, 0.6) is 5.75 Å². The number of hydrogen-bond acceptors (Lipinski definition) is 3. The van der Waals surface area contributed by atoms with Crippen molar-refractivity contribution >= 4 is 28.3 Å². The van der Waals surface area contributed by atoms with Gasteiger partial charge in [0, 0.05) is 5.56 Å². The van der Waals surface area contributed by atoms with Crippen LogP contribution in [0.2, 0.25) is 0 Å². The summed E-state index contributed by atoms with van der Waals surface area (Å²) >= 11 is 0. The summed E-state index contributed by atoms with van der Waals surface area (Å²) in [5, 5.41) is 4.67. The van der Waals surface area contributed by atoms with Crippen LogP contribution in [-0.2, 0) is 16.4 Å². The Morgan fingerprint density at radius 1 is 0.912 bits per heavy atom. The van der Waals surface area contributed by atoms with E-state index in [0.29, 0.717) is 0 Å². The highest BCUT2D eigenvalue weighted by molar-refractivity contribution is 7.88. The molecule has 1 N–H and O–H groups in total. The number of para-hydroxylation sites is 1. The average Bonchev–Trinajstić information content (AvgIpc) is 3.09. The Morgan fingerprint density at radius 3 is 2.62 bits per heavy atom. The van der Waals surface area contributed by atoms with E-state index in [1.165, 1.54) is 22.3 Å². The topological polar surface area (TPSA) is 55.4 Å². The Labute approximate surface area is 200 Å². The molecule has 3 aromatic carbocycles. The van der Waals surface area contributed by atoms with Crippen molar-refractivity contribution in [3.63, 3.8) is 0 Å². The molecule has 1 atom stereocenters. The first-order valence-corrected chi connectivity index (χ1v) is 13.4. The van der Waals surface area contributed by atoms with E-state index in [2.05, 4.69) is 29.0 Å². The van der Waals surface area contributed by atoms with Crippen molar-refractivity contribution in [1.29, 1.82) is 0 Å². The highest BCUT2D eigenvalue weighted by Crippen LogP contribution is 2.25. The third-order valence-corrected chi connectivity index (χ3v) is 6.90. The maximum Gasteiger partial charge on any atom is 0.209 e. The van der Waals surface area contributed by atoms with Gasteiger partial charge in [0.05, 0.1) is 18.6 Å². The summed E-state index contributed by atoms with van der Waals surface area (Å²) in [7, 11) is -3.29. The van der Waals surface area contributed by atoms with Crippen LogP contribution in [0.4, 0.5) is 0 Å². The fourth-order valence-electron chi connectivity index (χ4n) is 4.80. The lowest BCUT2D eigenvalue weighted by Crippen LogP contribution is -2.32. The number of fused-ring (bicyclic) bond motifs is 5. The van der Waals surface area contributed by atoms with Gasteiger partial charge in [-0.25, -0.2) is 13.1 Å². The SMILES string of the molecule is C1=COc2ccccc2C=C1.CS(=O)(=O)NC1C=c2ccccc2=c2ccc3c(c21)CCCC=3. The first-order chi connectivity index (χ1) is 16.5. The molecule has 172 valence electrons. The minimum absolute atomic E-state index is 0.295. The highest BCUT2D eigenvalue weighted by Gasteiger charge is 2.22. The third-order valence-electron chi connectivity index (χ3n) is 6.22. The Morgan fingerprint density at radius 2 is 1.74 bits per heavy atom. The summed E-state index contributed by atoms with van der Waals surface area (Å²) in [6.45, 7) is 0. The summed E-state index contributed by atoms with van der Waals surface area (Å²) in [4.78, 5) is 0. The van der Waals surface area contributed by atoms with Gasteiger partial charge in [-0.3, -0.25) is 0 Å². The number of hydrogen-bond donors (Lipinski definition) is 1. The van der Waals surface area contributed by atoms with Gasteiger partial charge in [-0.2, -0.15) is 0 Å². The molecule has 1 unspecified atom stereocenters. The minimum atomic E-state index is -3.29. The molecule has 5 heteroatoms. The molecular weight excluding hydrogens is 442 g/mol. The van der Waals surface area contributed by atoms with Crippen LogP contribution in [0.1, 0.15) is 35.6 Å². The second-order valence-electron chi connectivity index (χ2n) is 8.66. The number of benzene rings is 3. The first-order valence-electron chi connectivity index (χ1n) is 11.5. The zero-order valence-electron chi connectivity index (χ0n) is 19.1. The van der Waals surface area contributed by atoms with Gasteiger partial charge in [-0.05, 0) is 63.4 Å². The number of allylic oxidation sites excluding steroid dienone is 2. The van der Waals surface area contributed by atoms with E-state index >= 15 is 0 Å². The van der Waals surface area contributed by atoms with E-state index in [1.54, 1.807) is 6.26 Å². The second kappa shape index (κ2) is 9.45. The molecule has 0 fully saturated rings. The van der Waals surface area contributed by atoms with Crippen LogP contribution in [0, 0.1) is 10.4 Å². The van der Waals surface area contributed by atoms with Crippen LogP contribution in [-0.4, -0.2) is 14.7 Å². The van der Waals surface area contributed by atoms with Gasteiger partial charge >= 0.3 is 0 Å². The quantitative estimate of drug-likeness (QED) is 0.615. The average molecular weight is 470 g/mol. The maximum absolute atomic E-state index is 11.9. The maximum atomic E-state index is 11.9. The summed E-state index contributed by atoms with van der Waals surface area (Å²) in [6.07, 6.45) is 16.3. The minimum Gasteiger partial charge on any atom is -0.464 e. The standard InChI is InChI=1S/C19H19NO2S.C10H8O/c1-23(21,22)20-18-12-14-7-3-4-8-15(14)17-11-10-13-6-2-5-9-16(13)19(17)18;1-2-7-10-9(5-1)6-3-4-8-11-10/h3-4,6-8,10-12,18,20H,2,5,9H2,1H3;1-8H. The summed E-state index contributed by atoms with van der Waals surface area (Å²) in [6, 6.07) is 20.1. The lowest BCUT2D eigenvalue weighted by molar-refractivity contribution is 0.481. The third kappa shape index (κ3) is 4.76. The highest BCUT2D eigenvalue weighted by atomic mass is 32.2. The van der Waals surface area contributed by atoms with E-state index in [9.17, 15) is 8.42 Å². The lowest BCUT2D eigenvalue weighted by Gasteiger charge is -2.23. The van der Waals surface area contributed by atoms with Crippen molar-refractivity contribution < 1.29 is 13.2 Å². The van der Waals surface area contributed by atoms with Gasteiger partial charge in [0.2, 0.25) is 10.0 Å². The van der Waals surface area contributed by atoms with E-state index in [0.717, 1.165) is 46.6 Å². The molecule has 1 aliphatic heterocycles. The van der Waals surface area contributed by atoms with E-state index in [-0.39, 0.29) is 6.04 Å². The van der Waals surface area contributed by atoms with Crippen molar-refractivity contribution in [1.82, 2.24) is 4.72 Å². The molecule has 1 heterocycles. The predicted molar refractivity (Wildman–Crippen MR) is 138 cm³/mol. The van der Waals surface area contributed by atoms with Gasteiger partial charge < -0.3 is 4.74 Å². The summed E-state index contributed by atoms with van der Waals surface area (Å²) in [5.41, 5.74) is 3.54. The Balaban J connectivity index is 0.000000183. The van der Waals surface area contributed by atoms with E-state index < -0.39 is 10.0 Å². The number of sulfonamides is 1. The Kier molecular flexibility index (Phi) is 6.22. The van der Waals surface area contributed by atoms with Crippen LogP contribution < -0.4 is 19.9 Å². The molecule has 0 aromatic heterocycles. The zero-order valence-corrected chi connectivity index (χ0v) is 19.9. The molecule has 34 heavy (non-hydrogen) atoms. The normalized spacial score (nSPS) is 17.1. The van der Waals surface area contributed by atoms with Crippen LogP contribution in [0.25, 0.3) is 18.2 Å². The molecule has 3 aliphatic rings. The van der Waals surface area contributed by atoms with Crippen LogP contribution >= 0.6 is 0 Å². The fourth-order valence-corrected chi connectivity index (χ4v) is 5.44. The molecule has 2 aliphatic carbocycles. The fraction of sp³-hybridized carbons (Fsp3) is 0.172. The van der Waals surface area contributed by atoms with Gasteiger partial charge in [-0.1, -0.05) is 78.9 Å². The van der Waals surface area contributed by atoms with Crippen molar-refractivity contribution in [2.45, 2.75) is 25.3 Å². The molecule has 6 rings (SSSR count). The largest absolute Gasteiger partial charge is 0.464 e. The smallest absolute Gasteiger partial charge is 0.209 e. The van der Waals surface area contributed by atoms with Crippen LogP contribution in [0.15, 0.2) is 79.1 Å². The van der Waals surface area contributed by atoms with Crippen molar-refractivity contribution in [3.8, 4) is 5.75 Å². The molecule has 0 saturated heterocycles. The molecule has 0 radical (unpaired) electrons. The number of rotatable bonds is 2. The Bertz CT molecular complexity index is 1620. The van der Waals surface area contributed by atoms with E-state index in [1.807, 2.05) is 66.8 Å². The van der Waals surface area contributed by atoms with Gasteiger partial charge in [-0.15, -0.1) is 0 Å². The predicted octanol–water partition coefficient (Wildman–Crippen LogP) is 4.08. The lowest BCUT2D eigenvalue weighted by atomic mass is 9.87. The van der Waals surface area contributed by atoms with Crippen LogP contribution in [0.3, 0.4) is 0 Å². The molecular formula is C29H27NO3S. The van der Waals surface area contributed by atoms with Crippen molar-refractivity contribution in [2.24, 2.45) is 0 Å². The molecule has 4 nitrogen and oxygen atoms in total. The monoisotopic (exact) mass is 469 g/mol. The molecule has 3 aromatic rings. The molecule has 0 spiro atoms. The molecule has 0 amide bonds. The van der Waals surface area contributed by atoms with Gasteiger partial charge in [0.15, 0.2) is 0 Å². The molecule has 0 bridgehead atoms. The first kappa shape index (κ1) is 22.4. The zero-order chi connectivity index (χ0) is 23.5. The van der Waals surface area contributed by atoms with Gasteiger partial charge in [0.1, 0.15) is 5.75 Å². The number of ether oxygens (including phenoxy) is 1. The Hall–Kier alpha value is -3.41. The number of nitrogens with one attached hydrogen (secondary N) is 1. The summed E-state index contributed by atoms with van der Waals surface area (Å²) < 4.78 is 31.8. The van der Waals surface area contributed by atoms with Gasteiger partial charge in [0.25, 0.3) is 0 Å². The summed E-state index contributed by atoms with van der Waals surface area (Å²) in [5.74, 6) is 0.914. The van der Waals surface area contributed by atoms with E-state index in [4.69, 9.17) is 4.74 Å². The molecule has 0 saturated carbocycles.